The minimum absolute atomic E-state index is 0.0789. The van der Waals surface area contributed by atoms with Crippen molar-refractivity contribution in [1.82, 2.24) is 10.2 Å². The molecule has 2 N–H and O–H groups in total. The number of aliphatic carboxylic acids is 1. The topological polar surface area (TPSA) is 61.8 Å². The van der Waals surface area contributed by atoms with E-state index in [9.17, 15) is 4.79 Å². The number of rotatable bonds is 8. The van der Waals surface area contributed by atoms with Crippen LogP contribution in [0.1, 0.15) is 38.5 Å². The van der Waals surface area contributed by atoms with Crippen molar-refractivity contribution in [1.29, 1.82) is 0 Å². The van der Waals surface area contributed by atoms with Gasteiger partial charge < -0.3 is 20.1 Å². The standard InChI is InChI=1S/C15H28N2O3/c18-15(19)11-16-10-13-4-1-7-17(12-13)8-2-5-14-6-3-9-20-14/h13-14,16H,1-12H2,(H,18,19). The van der Waals surface area contributed by atoms with Crippen molar-refractivity contribution in [3.05, 3.63) is 0 Å². The van der Waals surface area contributed by atoms with Crippen LogP contribution in [0.3, 0.4) is 0 Å². The first kappa shape index (κ1) is 15.7. The molecule has 0 bridgehead atoms. The number of carboxylic acids is 1. The molecular formula is C15H28N2O3. The van der Waals surface area contributed by atoms with Crippen molar-refractivity contribution in [2.45, 2.75) is 44.6 Å². The zero-order valence-electron chi connectivity index (χ0n) is 12.4. The third-order valence-electron chi connectivity index (χ3n) is 4.34. The molecule has 2 aliphatic rings. The summed E-state index contributed by atoms with van der Waals surface area (Å²) in [5.74, 6) is -0.167. The Morgan fingerprint density at radius 3 is 3.00 bits per heavy atom. The van der Waals surface area contributed by atoms with Crippen LogP contribution in [-0.4, -0.2) is 61.4 Å². The Morgan fingerprint density at radius 1 is 1.35 bits per heavy atom. The number of likely N-dealkylation sites (tertiary alicyclic amines) is 1. The van der Waals surface area contributed by atoms with E-state index in [2.05, 4.69) is 10.2 Å². The van der Waals surface area contributed by atoms with Gasteiger partial charge in [0.2, 0.25) is 0 Å². The molecule has 0 aliphatic carbocycles. The molecule has 2 atom stereocenters. The Bertz CT molecular complexity index is 293. The maximum Gasteiger partial charge on any atom is 0.317 e. The van der Waals surface area contributed by atoms with Crippen molar-refractivity contribution in [2.75, 3.05) is 39.3 Å². The van der Waals surface area contributed by atoms with Crippen molar-refractivity contribution >= 4 is 5.97 Å². The molecule has 0 amide bonds. The molecule has 20 heavy (non-hydrogen) atoms. The Kier molecular flexibility index (Phi) is 6.76. The Labute approximate surface area is 121 Å². The summed E-state index contributed by atoms with van der Waals surface area (Å²) < 4.78 is 5.65. The Hall–Kier alpha value is -0.650. The van der Waals surface area contributed by atoms with Gasteiger partial charge in [-0.2, -0.15) is 0 Å². The molecule has 0 aromatic rings. The molecule has 2 aliphatic heterocycles. The van der Waals surface area contributed by atoms with Crippen LogP contribution in [0.2, 0.25) is 0 Å². The van der Waals surface area contributed by atoms with Gasteiger partial charge in [-0.15, -0.1) is 0 Å². The number of hydrogen-bond acceptors (Lipinski definition) is 4. The van der Waals surface area contributed by atoms with E-state index in [1.807, 2.05) is 0 Å². The van der Waals surface area contributed by atoms with Gasteiger partial charge in [0, 0.05) is 13.2 Å². The number of ether oxygens (including phenoxy) is 1. The Morgan fingerprint density at radius 2 is 2.25 bits per heavy atom. The molecule has 2 fully saturated rings. The molecule has 0 spiro atoms. The van der Waals surface area contributed by atoms with Crippen LogP contribution < -0.4 is 5.32 Å². The van der Waals surface area contributed by atoms with Crippen LogP contribution in [0.15, 0.2) is 0 Å². The van der Waals surface area contributed by atoms with Gasteiger partial charge in [-0.1, -0.05) is 0 Å². The second-order valence-electron chi connectivity index (χ2n) is 6.11. The van der Waals surface area contributed by atoms with Crippen LogP contribution in [-0.2, 0) is 9.53 Å². The van der Waals surface area contributed by atoms with Crippen LogP contribution in [0.25, 0.3) is 0 Å². The third kappa shape index (κ3) is 5.77. The molecule has 116 valence electrons. The molecule has 0 radical (unpaired) electrons. The lowest BCUT2D eigenvalue weighted by molar-refractivity contribution is -0.136. The van der Waals surface area contributed by atoms with Crippen LogP contribution in [0.4, 0.5) is 0 Å². The summed E-state index contributed by atoms with van der Waals surface area (Å²) in [6, 6.07) is 0. The molecule has 2 rings (SSSR count). The van der Waals surface area contributed by atoms with Gasteiger partial charge in [0.05, 0.1) is 12.6 Å². The van der Waals surface area contributed by atoms with Crippen LogP contribution in [0.5, 0.6) is 0 Å². The monoisotopic (exact) mass is 284 g/mol. The first-order valence-corrected chi connectivity index (χ1v) is 8.00. The average Bonchev–Trinajstić information content (AvgIpc) is 2.92. The molecule has 0 aromatic carbocycles. The maximum absolute atomic E-state index is 10.5. The summed E-state index contributed by atoms with van der Waals surface area (Å²) in [5, 5.41) is 11.7. The largest absolute Gasteiger partial charge is 0.480 e. The second kappa shape index (κ2) is 8.60. The van der Waals surface area contributed by atoms with E-state index in [0.29, 0.717) is 12.0 Å². The first-order chi connectivity index (χ1) is 9.74. The second-order valence-corrected chi connectivity index (χ2v) is 6.11. The lowest BCUT2D eigenvalue weighted by Crippen LogP contribution is -2.41. The fourth-order valence-electron chi connectivity index (χ4n) is 3.32. The predicted molar refractivity (Wildman–Crippen MR) is 77.9 cm³/mol. The summed E-state index contributed by atoms with van der Waals surface area (Å²) in [4.78, 5) is 13.0. The summed E-state index contributed by atoms with van der Waals surface area (Å²) in [5.41, 5.74) is 0. The quantitative estimate of drug-likeness (QED) is 0.704. The van der Waals surface area contributed by atoms with E-state index in [1.54, 1.807) is 0 Å². The molecule has 5 nitrogen and oxygen atoms in total. The van der Waals surface area contributed by atoms with Crippen LogP contribution >= 0.6 is 0 Å². The Balaban J connectivity index is 1.56. The van der Waals surface area contributed by atoms with Crippen molar-refractivity contribution in [3.8, 4) is 0 Å². The lowest BCUT2D eigenvalue weighted by atomic mass is 9.97. The molecule has 5 heteroatoms. The summed E-state index contributed by atoms with van der Waals surface area (Å²) >= 11 is 0. The minimum Gasteiger partial charge on any atom is -0.480 e. The fourth-order valence-corrected chi connectivity index (χ4v) is 3.32. The smallest absolute Gasteiger partial charge is 0.317 e. The molecule has 0 aromatic heterocycles. The summed E-state index contributed by atoms with van der Waals surface area (Å²) in [6.07, 6.45) is 7.84. The van der Waals surface area contributed by atoms with Gasteiger partial charge in [0.25, 0.3) is 0 Å². The van der Waals surface area contributed by atoms with Gasteiger partial charge >= 0.3 is 5.97 Å². The van der Waals surface area contributed by atoms with Crippen molar-refractivity contribution in [3.63, 3.8) is 0 Å². The van der Waals surface area contributed by atoms with Gasteiger partial charge in [-0.05, 0) is 64.1 Å². The first-order valence-electron chi connectivity index (χ1n) is 8.00. The highest BCUT2D eigenvalue weighted by molar-refractivity contribution is 5.68. The highest BCUT2D eigenvalue weighted by Gasteiger charge is 2.20. The molecule has 2 heterocycles. The zero-order valence-corrected chi connectivity index (χ0v) is 12.4. The summed E-state index contributed by atoms with van der Waals surface area (Å²) in [6.45, 7) is 5.32. The minimum atomic E-state index is -0.769. The number of nitrogens with zero attached hydrogens (tertiary/aromatic N) is 1. The van der Waals surface area contributed by atoms with Gasteiger partial charge in [0.15, 0.2) is 0 Å². The van der Waals surface area contributed by atoms with E-state index in [1.165, 1.54) is 45.1 Å². The average molecular weight is 284 g/mol. The molecule has 2 saturated heterocycles. The van der Waals surface area contributed by atoms with E-state index >= 15 is 0 Å². The SMILES string of the molecule is O=C(O)CNCC1CCCN(CCCC2CCCO2)C1. The number of hydrogen-bond donors (Lipinski definition) is 2. The number of nitrogens with one attached hydrogen (secondary N) is 1. The normalized spacial score (nSPS) is 27.8. The molecule has 0 saturated carbocycles. The number of carbonyl (C=O) groups is 1. The fraction of sp³-hybridized carbons (Fsp3) is 0.933. The van der Waals surface area contributed by atoms with Crippen molar-refractivity contribution < 1.29 is 14.6 Å². The van der Waals surface area contributed by atoms with E-state index < -0.39 is 5.97 Å². The third-order valence-corrected chi connectivity index (χ3v) is 4.34. The predicted octanol–water partition coefficient (Wildman–Crippen LogP) is 1.33. The number of piperidine rings is 1. The van der Waals surface area contributed by atoms with Gasteiger partial charge in [-0.3, -0.25) is 4.79 Å². The molecular weight excluding hydrogens is 256 g/mol. The van der Waals surface area contributed by atoms with Gasteiger partial charge in [0.1, 0.15) is 0 Å². The molecule has 2 unspecified atom stereocenters. The van der Waals surface area contributed by atoms with E-state index in [-0.39, 0.29) is 6.54 Å². The van der Waals surface area contributed by atoms with Crippen LogP contribution in [0, 0.1) is 5.92 Å². The maximum atomic E-state index is 10.5. The summed E-state index contributed by atoms with van der Waals surface area (Å²) in [7, 11) is 0. The number of carboxylic acid groups (broad SMARTS) is 1. The van der Waals surface area contributed by atoms with Gasteiger partial charge in [-0.25, -0.2) is 0 Å². The van der Waals surface area contributed by atoms with Crippen molar-refractivity contribution in [2.24, 2.45) is 5.92 Å². The van der Waals surface area contributed by atoms with E-state index in [0.717, 1.165) is 26.2 Å². The highest BCUT2D eigenvalue weighted by atomic mass is 16.5. The lowest BCUT2D eigenvalue weighted by Gasteiger charge is -2.33. The van der Waals surface area contributed by atoms with E-state index in [4.69, 9.17) is 9.84 Å². The highest BCUT2D eigenvalue weighted by Crippen LogP contribution is 2.19. The zero-order chi connectivity index (χ0) is 14.2.